The van der Waals surface area contributed by atoms with Crippen molar-refractivity contribution in [2.45, 2.75) is 169 Å². The third-order valence-electron chi connectivity index (χ3n) is 20.1. The lowest BCUT2D eigenvalue weighted by atomic mass is 9.22. The van der Waals surface area contributed by atoms with Gasteiger partial charge in [-0.05, 0) is 147 Å². The number of benzene rings is 1. The number of hydrogen-bond donors (Lipinski definition) is 3. The monoisotopic (exact) mass is 747 g/mol. The van der Waals surface area contributed by atoms with Crippen LogP contribution in [0.2, 0.25) is 0 Å². The van der Waals surface area contributed by atoms with E-state index in [9.17, 15) is 20.1 Å². The van der Waals surface area contributed by atoms with Crippen molar-refractivity contribution in [2.24, 2.45) is 67.5 Å². The predicted octanol–water partition coefficient (Wildman–Crippen LogP) is 10.0. The number of fused-ring (bicyclic) bond motifs is 5. The molecule has 1 aromatic carbocycles. The van der Waals surface area contributed by atoms with Gasteiger partial charge < -0.3 is 24.8 Å². The van der Waals surface area contributed by atoms with Gasteiger partial charge in [-0.1, -0.05) is 84.6 Å². The van der Waals surface area contributed by atoms with Gasteiger partial charge in [-0.25, -0.2) is 0 Å². The zero-order chi connectivity index (χ0) is 38.6. The minimum Gasteiger partial charge on any atom is -0.481 e. The predicted molar refractivity (Wildman–Crippen MR) is 213 cm³/mol. The first-order chi connectivity index (χ1) is 25.6. The summed E-state index contributed by atoms with van der Waals surface area (Å²) < 4.78 is 12.4. The van der Waals surface area contributed by atoms with Crippen LogP contribution >= 0.6 is 0 Å². The summed E-state index contributed by atoms with van der Waals surface area (Å²) in [5.74, 6) is -0.311. The first-order valence-electron chi connectivity index (χ1n) is 22.4. The molecule has 0 aromatic heterocycles. The maximum absolute atomic E-state index is 13.0. The van der Waals surface area contributed by atoms with Crippen LogP contribution in [0.5, 0.6) is 0 Å². The van der Waals surface area contributed by atoms with E-state index in [1.165, 1.54) is 56.1 Å². The topological polar surface area (TPSA) is 96.2 Å². The van der Waals surface area contributed by atoms with E-state index in [1.807, 2.05) is 0 Å². The van der Waals surface area contributed by atoms with Crippen molar-refractivity contribution in [1.82, 2.24) is 0 Å². The van der Waals surface area contributed by atoms with E-state index in [0.29, 0.717) is 30.8 Å². The highest BCUT2D eigenvalue weighted by atomic mass is 16.6. The Labute approximate surface area is 326 Å². The largest absolute Gasteiger partial charge is 0.481 e. The number of rotatable bonds is 12. The van der Waals surface area contributed by atoms with Crippen molar-refractivity contribution in [3.05, 3.63) is 35.4 Å². The van der Waals surface area contributed by atoms with Crippen LogP contribution in [-0.4, -0.2) is 53.5 Å². The van der Waals surface area contributed by atoms with Crippen LogP contribution in [0.4, 0.5) is 0 Å². The summed E-state index contributed by atoms with van der Waals surface area (Å²) in [6.07, 6.45) is 18.7. The van der Waals surface area contributed by atoms with E-state index >= 15 is 0 Å². The van der Waals surface area contributed by atoms with Crippen molar-refractivity contribution in [2.75, 3.05) is 20.3 Å². The molecule has 6 heteroatoms. The van der Waals surface area contributed by atoms with Gasteiger partial charge in [0.15, 0.2) is 5.79 Å². The molecule has 3 N–H and O–H groups in total. The maximum atomic E-state index is 13.0. The van der Waals surface area contributed by atoms with Crippen molar-refractivity contribution < 1.29 is 29.6 Å². The Bertz CT molecular complexity index is 1580. The number of carboxylic acids is 1. The molecule has 6 nitrogen and oxygen atoms in total. The lowest BCUT2D eigenvalue weighted by Crippen LogP contribution is -2.79. The van der Waals surface area contributed by atoms with E-state index in [1.54, 1.807) is 7.11 Å². The van der Waals surface area contributed by atoms with Crippen LogP contribution in [0, 0.1) is 67.5 Å². The number of carboxylic acid groups (broad SMARTS) is 1. The molecule has 6 saturated carbocycles. The number of methoxy groups -OCH3 is 1. The van der Waals surface area contributed by atoms with Crippen LogP contribution in [-0.2, 0) is 27.1 Å². The molecule has 8 rings (SSSR count). The first kappa shape index (κ1) is 39.4. The smallest absolute Gasteiger partial charge is 0.309 e. The Morgan fingerprint density at radius 3 is 2.26 bits per heavy atom. The number of aliphatic hydroxyl groups excluding tert-OH is 1. The average Bonchev–Trinajstić information content (AvgIpc) is 3.27. The van der Waals surface area contributed by atoms with Crippen LogP contribution in [0.3, 0.4) is 0 Å². The van der Waals surface area contributed by atoms with Gasteiger partial charge in [0.05, 0.1) is 24.7 Å². The van der Waals surface area contributed by atoms with Gasteiger partial charge in [0.2, 0.25) is 0 Å². The van der Waals surface area contributed by atoms with Gasteiger partial charge in [-0.2, -0.15) is 0 Å². The third kappa shape index (κ3) is 4.93. The summed E-state index contributed by atoms with van der Waals surface area (Å²) in [6.45, 7) is 15.4. The van der Waals surface area contributed by atoms with Crippen LogP contribution in [0.25, 0.3) is 0 Å². The van der Waals surface area contributed by atoms with Gasteiger partial charge >= 0.3 is 5.97 Å². The van der Waals surface area contributed by atoms with Crippen molar-refractivity contribution in [3.8, 4) is 0 Å². The fraction of sp³-hybridized carbons (Fsp3) is 0.854. The molecule has 1 aliphatic heterocycles. The molecule has 2 bridgehead atoms. The maximum Gasteiger partial charge on any atom is 0.309 e. The van der Waals surface area contributed by atoms with E-state index < -0.39 is 17.2 Å². The normalized spacial score (nSPS) is 50.2. The van der Waals surface area contributed by atoms with Crippen molar-refractivity contribution >= 4 is 5.97 Å². The summed E-state index contributed by atoms with van der Waals surface area (Å²) in [7, 11) is 1.75. The standard InChI is InChI=1S/C48H74O6/c1-8-9-10-11-20-45-28-35-16-17-36-29-48(52)32(2)46(39(54-48)27-34-14-12-33(13-15-34)19-26-53-7)21-18-37(44(35,6)47(36,46)31-49)43(45,5)25-24-41(3)22-23-42(4,40(50)51)30-38(41)45/h12-15,32,35-39,49,52H,8-11,16-31H2,1-7H3,(H,50,51)/t32-,35-,36+,37-,38-,39+,41+,42-,43-,44-,45+,46+,47+,48-/m1/s1. The highest BCUT2D eigenvalue weighted by Crippen LogP contribution is 2.87. The zero-order valence-corrected chi connectivity index (χ0v) is 35.0. The third-order valence-corrected chi connectivity index (χ3v) is 20.1. The first-order valence-corrected chi connectivity index (χ1v) is 22.4. The van der Waals surface area contributed by atoms with Gasteiger partial charge in [0.1, 0.15) is 0 Å². The van der Waals surface area contributed by atoms with Crippen molar-refractivity contribution in [3.63, 3.8) is 0 Å². The van der Waals surface area contributed by atoms with Crippen LogP contribution in [0.1, 0.15) is 155 Å². The number of aliphatic carboxylic acids is 1. The second-order valence-electron chi connectivity index (χ2n) is 21.5. The molecule has 0 amide bonds. The Morgan fingerprint density at radius 1 is 0.870 bits per heavy atom. The molecular formula is C48H74O6. The Kier molecular flexibility index (Phi) is 9.68. The molecule has 7 fully saturated rings. The Hall–Kier alpha value is -1.47. The fourth-order valence-corrected chi connectivity index (χ4v) is 17.3. The quantitative estimate of drug-likeness (QED) is 0.184. The molecule has 1 spiro atoms. The molecule has 1 aromatic rings. The minimum atomic E-state index is -1.17. The summed E-state index contributed by atoms with van der Waals surface area (Å²) in [6, 6.07) is 8.96. The lowest BCUT2D eigenvalue weighted by Gasteiger charge is -2.82. The summed E-state index contributed by atoms with van der Waals surface area (Å²) in [5, 5.41) is 35.6. The number of hydrogen-bond acceptors (Lipinski definition) is 5. The lowest BCUT2D eigenvalue weighted by molar-refractivity contribution is -0.358. The number of carbonyl (C=O) groups is 1. The van der Waals surface area contributed by atoms with E-state index in [-0.39, 0.29) is 57.0 Å². The summed E-state index contributed by atoms with van der Waals surface area (Å²) in [5.41, 5.74) is 1.39. The van der Waals surface area contributed by atoms with Crippen LogP contribution < -0.4 is 0 Å². The zero-order valence-electron chi connectivity index (χ0n) is 35.0. The van der Waals surface area contributed by atoms with Gasteiger partial charge in [-0.3, -0.25) is 4.79 Å². The number of aliphatic hydroxyl groups is 2. The molecule has 6 aliphatic carbocycles. The SMILES string of the molecule is CCCCCC[C@@]12C[C@H]3CC[C@H]4C[C@@]5(O)O[C@@H](Cc6ccc(CCOC)cc6)[C@]6(CC[C@@H]([C@]3(C)[C@]46CO)[C@@]1(C)CC[C@]1(C)CC[C@@](C)(C(=O)O)C[C@H]12)[C@H]5C. The Morgan fingerprint density at radius 2 is 1.57 bits per heavy atom. The fourth-order valence-electron chi connectivity index (χ4n) is 17.3. The highest BCUT2D eigenvalue weighted by Gasteiger charge is 2.85. The van der Waals surface area contributed by atoms with Crippen molar-refractivity contribution in [1.29, 1.82) is 0 Å². The summed E-state index contributed by atoms with van der Waals surface area (Å²) in [4.78, 5) is 13.0. The molecule has 0 radical (unpaired) electrons. The second-order valence-corrected chi connectivity index (χ2v) is 21.5. The molecular weight excluding hydrogens is 673 g/mol. The summed E-state index contributed by atoms with van der Waals surface area (Å²) >= 11 is 0. The minimum absolute atomic E-state index is 0.0566. The van der Waals surface area contributed by atoms with Gasteiger partial charge in [0.25, 0.3) is 0 Å². The number of unbranched alkanes of at least 4 members (excludes halogenated alkanes) is 3. The van der Waals surface area contributed by atoms with E-state index in [0.717, 1.165) is 64.2 Å². The molecule has 1 saturated heterocycles. The van der Waals surface area contributed by atoms with E-state index in [4.69, 9.17) is 9.47 Å². The molecule has 302 valence electrons. The van der Waals surface area contributed by atoms with E-state index in [2.05, 4.69) is 65.8 Å². The average molecular weight is 747 g/mol. The molecule has 7 aliphatic rings. The number of ether oxygens (including phenoxy) is 2. The highest BCUT2D eigenvalue weighted by molar-refractivity contribution is 5.74. The molecule has 0 unspecified atom stereocenters. The Balaban J connectivity index is 1.24. The molecule has 54 heavy (non-hydrogen) atoms. The second kappa shape index (κ2) is 13.3. The van der Waals surface area contributed by atoms with Gasteiger partial charge in [-0.15, -0.1) is 0 Å². The van der Waals surface area contributed by atoms with Crippen LogP contribution in [0.15, 0.2) is 24.3 Å². The molecule has 14 atom stereocenters. The molecule has 1 heterocycles. The van der Waals surface area contributed by atoms with Gasteiger partial charge in [0, 0.05) is 30.3 Å².